The fourth-order valence-electron chi connectivity index (χ4n) is 1.31. The van der Waals surface area contributed by atoms with Gasteiger partial charge in [0.15, 0.2) is 0 Å². The van der Waals surface area contributed by atoms with E-state index in [0.717, 1.165) is 11.3 Å². The van der Waals surface area contributed by atoms with Crippen molar-refractivity contribution in [3.8, 4) is 0 Å². The molecule has 0 aliphatic carbocycles. The Labute approximate surface area is 119 Å². The van der Waals surface area contributed by atoms with Gasteiger partial charge in [0.05, 0.1) is 4.34 Å². The highest BCUT2D eigenvalue weighted by atomic mass is 35.5. The molecule has 100 valence electrons. The molecule has 0 unspecified atom stereocenters. The van der Waals surface area contributed by atoms with E-state index >= 15 is 0 Å². The Balaban J connectivity index is 2.21. The van der Waals surface area contributed by atoms with Gasteiger partial charge in [-0.2, -0.15) is 0 Å². The number of thiophene rings is 1. The van der Waals surface area contributed by atoms with Gasteiger partial charge in [-0.15, -0.1) is 11.3 Å². The molecule has 5 nitrogen and oxygen atoms in total. The van der Waals surface area contributed by atoms with Crippen LogP contribution in [-0.2, 0) is 10.0 Å². The summed E-state index contributed by atoms with van der Waals surface area (Å²) < 4.78 is 26.1. The monoisotopic (exact) mass is 316 g/mol. The Kier molecular flexibility index (Phi) is 3.79. The lowest BCUT2D eigenvalue weighted by Gasteiger charge is -2.05. The molecule has 19 heavy (non-hydrogen) atoms. The number of halogens is 1. The number of carbonyl (C=O) groups excluding carboxylic acids is 1. The maximum Gasteiger partial charge on any atom is 0.273 e. The first-order chi connectivity index (χ1) is 8.88. The Hall–Kier alpha value is -1.57. The molecule has 0 spiro atoms. The van der Waals surface area contributed by atoms with Gasteiger partial charge in [-0.1, -0.05) is 11.6 Å². The standard InChI is InChI=1S/C11H9ClN2O3S2/c12-9-5-6-10(18-9)19(16,17)14-11(15)7-1-3-8(13)4-2-7/h1-6H,13H2,(H,14,15). The zero-order valence-electron chi connectivity index (χ0n) is 9.46. The van der Waals surface area contributed by atoms with Gasteiger partial charge in [0, 0.05) is 11.3 Å². The minimum atomic E-state index is -3.89. The van der Waals surface area contributed by atoms with Gasteiger partial charge >= 0.3 is 0 Å². The molecule has 0 fully saturated rings. The predicted molar refractivity (Wildman–Crippen MR) is 74.8 cm³/mol. The number of sulfonamides is 1. The van der Waals surface area contributed by atoms with Crippen LogP contribution < -0.4 is 10.5 Å². The molecule has 2 aromatic rings. The molecular weight excluding hydrogens is 308 g/mol. The first kappa shape index (κ1) is 13.9. The van der Waals surface area contributed by atoms with Crippen molar-refractivity contribution in [2.24, 2.45) is 0 Å². The van der Waals surface area contributed by atoms with E-state index in [-0.39, 0.29) is 9.77 Å². The van der Waals surface area contributed by atoms with Crippen LogP contribution in [0.25, 0.3) is 0 Å². The SMILES string of the molecule is Nc1ccc(C(=O)NS(=O)(=O)c2ccc(Cl)s2)cc1. The number of hydrogen-bond acceptors (Lipinski definition) is 5. The number of amides is 1. The Morgan fingerprint density at radius 1 is 1.16 bits per heavy atom. The minimum absolute atomic E-state index is 0.0127. The summed E-state index contributed by atoms with van der Waals surface area (Å²) in [7, 11) is -3.89. The van der Waals surface area contributed by atoms with Crippen LogP contribution in [0.15, 0.2) is 40.6 Å². The van der Waals surface area contributed by atoms with Crippen LogP contribution in [0.4, 0.5) is 5.69 Å². The fourth-order valence-corrected chi connectivity index (χ4v) is 3.76. The summed E-state index contributed by atoms with van der Waals surface area (Å²) in [6, 6.07) is 8.72. The third-order valence-corrected chi connectivity index (χ3v) is 5.27. The number of benzene rings is 1. The molecule has 1 heterocycles. The molecule has 3 N–H and O–H groups in total. The molecule has 2 rings (SSSR count). The van der Waals surface area contributed by atoms with Crippen molar-refractivity contribution < 1.29 is 13.2 Å². The highest BCUT2D eigenvalue weighted by molar-refractivity contribution is 7.92. The average Bonchev–Trinajstić information content (AvgIpc) is 2.77. The molecule has 0 radical (unpaired) electrons. The Bertz CT molecular complexity index is 708. The third-order valence-electron chi connectivity index (χ3n) is 2.21. The van der Waals surface area contributed by atoms with Gasteiger partial charge in [-0.25, -0.2) is 13.1 Å². The Morgan fingerprint density at radius 3 is 2.32 bits per heavy atom. The predicted octanol–water partition coefficient (Wildman–Crippen LogP) is 2.10. The Morgan fingerprint density at radius 2 is 1.79 bits per heavy atom. The van der Waals surface area contributed by atoms with Crippen LogP contribution in [-0.4, -0.2) is 14.3 Å². The van der Waals surface area contributed by atoms with E-state index in [2.05, 4.69) is 0 Å². The normalized spacial score (nSPS) is 11.2. The van der Waals surface area contributed by atoms with Crippen molar-refractivity contribution >= 4 is 44.6 Å². The lowest BCUT2D eigenvalue weighted by molar-refractivity contribution is 0.0981. The second-order valence-corrected chi connectivity index (χ2v) is 7.24. The molecule has 0 bridgehead atoms. The average molecular weight is 317 g/mol. The molecule has 0 atom stereocenters. The van der Waals surface area contributed by atoms with Crippen molar-refractivity contribution in [1.29, 1.82) is 0 Å². The van der Waals surface area contributed by atoms with Gasteiger partial charge in [0.2, 0.25) is 0 Å². The van der Waals surface area contributed by atoms with Crippen molar-refractivity contribution in [2.75, 3.05) is 5.73 Å². The van der Waals surface area contributed by atoms with E-state index in [1.165, 1.54) is 36.4 Å². The van der Waals surface area contributed by atoms with E-state index in [0.29, 0.717) is 10.0 Å². The second-order valence-electron chi connectivity index (χ2n) is 3.62. The summed E-state index contributed by atoms with van der Waals surface area (Å²) >= 11 is 6.54. The second kappa shape index (κ2) is 5.20. The quantitative estimate of drug-likeness (QED) is 0.849. The topological polar surface area (TPSA) is 89.3 Å². The van der Waals surface area contributed by atoms with Crippen molar-refractivity contribution in [1.82, 2.24) is 4.72 Å². The zero-order valence-corrected chi connectivity index (χ0v) is 11.8. The van der Waals surface area contributed by atoms with Crippen molar-refractivity contribution in [3.05, 3.63) is 46.3 Å². The number of anilines is 1. The lowest BCUT2D eigenvalue weighted by Crippen LogP contribution is -2.29. The van der Waals surface area contributed by atoms with Crippen molar-refractivity contribution in [3.63, 3.8) is 0 Å². The van der Waals surface area contributed by atoms with Gasteiger partial charge < -0.3 is 5.73 Å². The van der Waals surface area contributed by atoms with Gasteiger partial charge in [-0.05, 0) is 36.4 Å². The number of nitrogen functional groups attached to an aromatic ring is 1. The number of carbonyl (C=O) groups is 1. The number of rotatable bonds is 3. The van der Waals surface area contributed by atoms with E-state index in [4.69, 9.17) is 17.3 Å². The maximum absolute atomic E-state index is 11.9. The lowest BCUT2D eigenvalue weighted by atomic mass is 10.2. The molecule has 1 aromatic heterocycles. The van der Waals surface area contributed by atoms with Crippen LogP contribution >= 0.6 is 22.9 Å². The molecule has 0 aliphatic heterocycles. The third kappa shape index (κ3) is 3.25. The van der Waals surface area contributed by atoms with Gasteiger partial charge in [-0.3, -0.25) is 4.79 Å². The van der Waals surface area contributed by atoms with Crippen LogP contribution in [0.2, 0.25) is 4.34 Å². The fraction of sp³-hybridized carbons (Fsp3) is 0. The first-order valence-corrected chi connectivity index (χ1v) is 7.74. The van der Waals surface area contributed by atoms with Crippen LogP contribution in [0.3, 0.4) is 0 Å². The summed E-state index contributed by atoms with van der Waals surface area (Å²) in [5, 5.41) is 0. The number of hydrogen-bond donors (Lipinski definition) is 2. The zero-order chi connectivity index (χ0) is 14.0. The number of nitrogens with two attached hydrogens (primary N) is 1. The van der Waals surface area contributed by atoms with E-state index in [1.54, 1.807) is 0 Å². The largest absolute Gasteiger partial charge is 0.399 e. The smallest absolute Gasteiger partial charge is 0.273 e. The van der Waals surface area contributed by atoms with Crippen LogP contribution in [0.1, 0.15) is 10.4 Å². The molecule has 0 saturated carbocycles. The molecule has 0 aliphatic rings. The van der Waals surface area contributed by atoms with Crippen LogP contribution in [0, 0.1) is 0 Å². The molecule has 1 aromatic carbocycles. The minimum Gasteiger partial charge on any atom is -0.399 e. The highest BCUT2D eigenvalue weighted by Crippen LogP contribution is 2.25. The molecular formula is C11H9ClN2O3S2. The number of nitrogens with one attached hydrogen (secondary N) is 1. The van der Waals surface area contributed by atoms with E-state index < -0.39 is 15.9 Å². The summed E-state index contributed by atoms with van der Waals surface area (Å²) in [6.07, 6.45) is 0. The molecule has 0 saturated heterocycles. The maximum atomic E-state index is 11.9. The summed E-state index contributed by atoms with van der Waals surface area (Å²) in [6.45, 7) is 0. The van der Waals surface area contributed by atoms with E-state index in [9.17, 15) is 13.2 Å². The van der Waals surface area contributed by atoms with E-state index in [1.807, 2.05) is 4.72 Å². The van der Waals surface area contributed by atoms with Gasteiger partial charge in [0.25, 0.3) is 15.9 Å². The van der Waals surface area contributed by atoms with Gasteiger partial charge in [0.1, 0.15) is 4.21 Å². The van der Waals surface area contributed by atoms with Crippen molar-refractivity contribution in [2.45, 2.75) is 4.21 Å². The highest BCUT2D eigenvalue weighted by Gasteiger charge is 2.20. The summed E-state index contributed by atoms with van der Waals surface area (Å²) in [5.41, 5.74) is 6.18. The molecule has 1 amide bonds. The first-order valence-electron chi connectivity index (χ1n) is 5.06. The summed E-state index contributed by atoms with van der Waals surface area (Å²) in [5.74, 6) is -0.718. The molecule has 8 heteroatoms. The van der Waals surface area contributed by atoms with Crippen LogP contribution in [0.5, 0.6) is 0 Å². The summed E-state index contributed by atoms with van der Waals surface area (Å²) in [4.78, 5) is 11.8.